The van der Waals surface area contributed by atoms with E-state index in [2.05, 4.69) is 15.0 Å². The first-order valence-electron chi connectivity index (χ1n) is 6.87. The summed E-state index contributed by atoms with van der Waals surface area (Å²) in [6, 6.07) is 0. The second-order valence-electron chi connectivity index (χ2n) is 5.10. The summed E-state index contributed by atoms with van der Waals surface area (Å²) >= 11 is 0. The van der Waals surface area contributed by atoms with Gasteiger partial charge < -0.3 is 25.8 Å². The number of H-pyrrole nitrogens is 1. The number of ether oxygens (including phenoxy) is 1. The van der Waals surface area contributed by atoms with E-state index < -0.39 is 36.7 Å². The fraction of sp³-hybridized carbons (Fsp3) is 0.583. The fourth-order valence-corrected chi connectivity index (χ4v) is 2.66. The summed E-state index contributed by atoms with van der Waals surface area (Å²) < 4.78 is 6.92. The molecule has 2 aromatic rings. The van der Waals surface area contributed by atoms with Gasteiger partial charge in [-0.3, -0.25) is 14.3 Å². The summed E-state index contributed by atoms with van der Waals surface area (Å²) in [5, 5.41) is 29.2. The van der Waals surface area contributed by atoms with Gasteiger partial charge in [0.1, 0.15) is 24.1 Å². The first-order valence-corrected chi connectivity index (χ1v) is 6.87. The molecule has 4 atom stereocenters. The first-order chi connectivity index (χ1) is 10.5. The van der Waals surface area contributed by atoms with Gasteiger partial charge in [-0.2, -0.15) is 4.98 Å². The molecule has 120 valence electrons. The molecule has 0 aliphatic carbocycles. The highest BCUT2D eigenvalue weighted by Gasteiger charge is 2.44. The maximum atomic E-state index is 11.9. The van der Waals surface area contributed by atoms with Crippen LogP contribution >= 0.6 is 0 Å². The number of nitrogen functional groups attached to an aromatic ring is 1. The van der Waals surface area contributed by atoms with Crippen molar-refractivity contribution in [3.05, 3.63) is 16.2 Å². The van der Waals surface area contributed by atoms with E-state index in [9.17, 15) is 20.1 Å². The molecule has 3 heterocycles. The van der Waals surface area contributed by atoms with Gasteiger partial charge in [0.05, 0.1) is 6.61 Å². The molecule has 0 spiro atoms. The number of aliphatic hydroxyl groups is 3. The predicted molar refractivity (Wildman–Crippen MR) is 74.9 cm³/mol. The second kappa shape index (κ2) is 5.32. The smallest absolute Gasteiger partial charge is 0.280 e. The lowest BCUT2D eigenvalue weighted by Crippen LogP contribution is -2.33. The molecule has 0 aromatic carbocycles. The van der Waals surface area contributed by atoms with Crippen LogP contribution in [0, 0.1) is 0 Å². The fourth-order valence-electron chi connectivity index (χ4n) is 2.66. The maximum absolute atomic E-state index is 11.9. The Balaban J connectivity index is 2.20. The van der Waals surface area contributed by atoms with Crippen LogP contribution in [0.4, 0.5) is 5.95 Å². The third kappa shape index (κ3) is 2.08. The van der Waals surface area contributed by atoms with Gasteiger partial charge in [-0.1, -0.05) is 6.92 Å². The zero-order valence-electron chi connectivity index (χ0n) is 11.8. The van der Waals surface area contributed by atoms with Gasteiger partial charge in [0.2, 0.25) is 5.95 Å². The lowest BCUT2D eigenvalue weighted by Gasteiger charge is -2.19. The van der Waals surface area contributed by atoms with E-state index >= 15 is 0 Å². The highest BCUT2D eigenvalue weighted by molar-refractivity contribution is 5.71. The van der Waals surface area contributed by atoms with Gasteiger partial charge in [-0.05, 0) is 0 Å². The van der Waals surface area contributed by atoms with Crippen LogP contribution in [-0.2, 0) is 11.2 Å². The zero-order chi connectivity index (χ0) is 16.0. The van der Waals surface area contributed by atoms with Gasteiger partial charge in [0, 0.05) is 6.42 Å². The number of rotatable bonds is 3. The molecule has 0 bridgehead atoms. The van der Waals surface area contributed by atoms with Gasteiger partial charge in [0.25, 0.3) is 5.56 Å². The van der Waals surface area contributed by atoms with E-state index in [4.69, 9.17) is 10.5 Å². The van der Waals surface area contributed by atoms with E-state index in [0.717, 1.165) is 0 Å². The third-order valence-electron chi connectivity index (χ3n) is 3.73. The number of imidazole rings is 1. The van der Waals surface area contributed by atoms with E-state index in [1.807, 2.05) is 6.92 Å². The molecule has 10 nitrogen and oxygen atoms in total. The summed E-state index contributed by atoms with van der Waals surface area (Å²) in [7, 11) is 0. The van der Waals surface area contributed by atoms with Crippen LogP contribution in [0.1, 0.15) is 19.0 Å². The van der Waals surface area contributed by atoms with Crippen LogP contribution in [-0.4, -0.2) is 59.8 Å². The van der Waals surface area contributed by atoms with Crippen molar-refractivity contribution in [2.24, 2.45) is 0 Å². The summed E-state index contributed by atoms with van der Waals surface area (Å²) in [6.07, 6.45) is -4.04. The minimum absolute atomic E-state index is 0.0730. The normalized spacial score (nSPS) is 28.5. The highest BCUT2D eigenvalue weighted by Crippen LogP contribution is 2.32. The number of aliphatic hydroxyl groups excluding tert-OH is 3. The molecule has 3 unspecified atom stereocenters. The molecule has 0 saturated carbocycles. The second-order valence-corrected chi connectivity index (χ2v) is 5.10. The Labute approximate surface area is 124 Å². The minimum Gasteiger partial charge on any atom is -0.394 e. The van der Waals surface area contributed by atoms with E-state index in [1.54, 1.807) is 0 Å². The average molecular weight is 311 g/mol. The van der Waals surface area contributed by atoms with E-state index in [0.29, 0.717) is 12.2 Å². The number of aryl methyl sites for hydroxylation is 1. The largest absolute Gasteiger partial charge is 0.394 e. The molecule has 22 heavy (non-hydrogen) atoms. The van der Waals surface area contributed by atoms with Crippen LogP contribution in [0.2, 0.25) is 0 Å². The Kier molecular flexibility index (Phi) is 3.60. The molecule has 1 aliphatic rings. The minimum atomic E-state index is -1.29. The van der Waals surface area contributed by atoms with Crippen molar-refractivity contribution in [3.63, 3.8) is 0 Å². The van der Waals surface area contributed by atoms with Crippen molar-refractivity contribution < 1.29 is 20.1 Å². The summed E-state index contributed by atoms with van der Waals surface area (Å²) in [5.41, 5.74) is 5.29. The number of hydrogen-bond donors (Lipinski definition) is 5. The highest BCUT2D eigenvalue weighted by atomic mass is 16.6. The molecule has 0 amide bonds. The number of anilines is 1. The number of fused-ring (bicyclic) bond motifs is 1. The van der Waals surface area contributed by atoms with Crippen molar-refractivity contribution in [1.29, 1.82) is 0 Å². The van der Waals surface area contributed by atoms with Crippen molar-refractivity contribution >= 4 is 17.1 Å². The Morgan fingerprint density at radius 3 is 2.68 bits per heavy atom. The molecule has 1 saturated heterocycles. The third-order valence-corrected chi connectivity index (χ3v) is 3.73. The number of nitrogens with one attached hydrogen (secondary N) is 1. The van der Waals surface area contributed by atoms with E-state index in [-0.39, 0.29) is 17.1 Å². The van der Waals surface area contributed by atoms with E-state index in [1.165, 1.54) is 4.57 Å². The molecule has 1 aliphatic heterocycles. The molecule has 3 rings (SSSR count). The van der Waals surface area contributed by atoms with Crippen LogP contribution in [0.3, 0.4) is 0 Å². The van der Waals surface area contributed by atoms with Crippen LogP contribution in [0.25, 0.3) is 11.2 Å². The lowest BCUT2D eigenvalue weighted by atomic mass is 10.1. The number of nitrogens with two attached hydrogens (primary N) is 1. The summed E-state index contributed by atoms with van der Waals surface area (Å²) in [6.45, 7) is 1.37. The first kappa shape index (κ1) is 14.9. The Bertz CT molecular complexity index is 756. The van der Waals surface area contributed by atoms with Crippen molar-refractivity contribution in [2.75, 3.05) is 12.3 Å². The van der Waals surface area contributed by atoms with Crippen molar-refractivity contribution in [1.82, 2.24) is 19.5 Å². The van der Waals surface area contributed by atoms with Gasteiger partial charge in [-0.25, -0.2) is 4.98 Å². The Hall–Kier alpha value is -2.01. The van der Waals surface area contributed by atoms with Crippen LogP contribution in [0.15, 0.2) is 4.79 Å². The maximum Gasteiger partial charge on any atom is 0.280 e. The molecule has 2 aromatic heterocycles. The van der Waals surface area contributed by atoms with Crippen molar-refractivity contribution in [2.45, 2.75) is 37.9 Å². The molecule has 1 fully saturated rings. The van der Waals surface area contributed by atoms with Crippen LogP contribution in [0.5, 0.6) is 0 Å². The lowest BCUT2D eigenvalue weighted by molar-refractivity contribution is -0.0522. The van der Waals surface area contributed by atoms with Gasteiger partial charge >= 0.3 is 0 Å². The molecule has 6 N–H and O–H groups in total. The summed E-state index contributed by atoms with van der Waals surface area (Å²) in [4.78, 5) is 22.5. The average Bonchev–Trinajstić information content (AvgIpc) is 2.98. The number of nitrogens with zero attached hydrogens (tertiary/aromatic N) is 3. The quantitative estimate of drug-likeness (QED) is 0.430. The van der Waals surface area contributed by atoms with Crippen molar-refractivity contribution in [3.8, 4) is 0 Å². The predicted octanol–water partition coefficient (Wildman–Crippen LogP) is -2.12. The molecule has 10 heteroatoms. The Morgan fingerprint density at radius 1 is 1.36 bits per heavy atom. The van der Waals surface area contributed by atoms with Crippen LogP contribution < -0.4 is 11.3 Å². The topological polar surface area (TPSA) is 160 Å². The number of aromatic nitrogens is 4. The monoisotopic (exact) mass is 311 g/mol. The zero-order valence-corrected chi connectivity index (χ0v) is 11.8. The molecular formula is C12H17N5O5. The standard InChI is InChI=1S/C12H17N5O5/c1-2-5-14-6-9(15-12(13)16-10(6)21)17(5)11-8(20)7(19)4(3-18)22-11/h4,7-8,11,18-20H,2-3H2,1H3,(H3,13,15,16,21)/t4-,7?,8?,11?/m1/s1. The SMILES string of the molecule is CCc1nc2c(=O)[nH]c(N)nc2n1C1O[C@H](CO)C(O)C1O. The molecule has 0 radical (unpaired) electrons. The number of hydrogen-bond acceptors (Lipinski definition) is 8. The Morgan fingerprint density at radius 2 is 2.09 bits per heavy atom. The van der Waals surface area contributed by atoms with Gasteiger partial charge in [0.15, 0.2) is 17.4 Å². The van der Waals surface area contributed by atoms with Gasteiger partial charge in [-0.15, -0.1) is 0 Å². The molecular weight excluding hydrogens is 294 g/mol. The summed E-state index contributed by atoms with van der Waals surface area (Å²) in [5.74, 6) is 0.362. The number of aromatic amines is 1.